The fraction of sp³-hybridized carbons (Fsp3) is 0.500. The molecule has 34 heavy (non-hydrogen) atoms. The highest BCUT2D eigenvalue weighted by Gasteiger charge is 2.27. The van der Waals surface area contributed by atoms with Crippen LogP contribution in [0.1, 0.15) is 37.9 Å². The summed E-state index contributed by atoms with van der Waals surface area (Å²) in [5.41, 5.74) is 1.58. The highest BCUT2D eigenvalue weighted by molar-refractivity contribution is 7.20. The Morgan fingerprint density at radius 3 is 2.79 bits per heavy atom. The summed E-state index contributed by atoms with van der Waals surface area (Å²) in [6, 6.07) is 7.38. The van der Waals surface area contributed by atoms with E-state index in [2.05, 4.69) is 20.3 Å². The van der Waals surface area contributed by atoms with Crippen LogP contribution in [-0.2, 0) is 11.2 Å². The second-order valence-electron chi connectivity index (χ2n) is 8.29. The molecule has 3 aromatic rings. The predicted octanol–water partition coefficient (Wildman–Crippen LogP) is 2.83. The number of benzene rings is 1. The van der Waals surface area contributed by atoms with Gasteiger partial charge < -0.3 is 19.7 Å². The third-order valence-corrected chi connectivity index (χ3v) is 6.72. The van der Waals surface area contributed by atoms with Gasteiger partial charge in [0.1, 0.15) is 0 Å². The molecule has 1 aliphatic rings. The first-order valence-corrected chi connectivity index (χ1v) is 12.6. The Bertz CT molecular complexity index is 1210. The van der Waals surface area contributed by atoms with Gasteiger partial charge >= 0.3 is 0 Å². The summed E-state index contributed by atoms with van der Waals surface area (Å²) in [4.78, 5) is 32.1. The van der Waals surface area contributed by atoms with Crippen molar-refractivity contribution in [1.29, 1.82) is 0 Å². The Hall–Kier alpha value is -3.14. The monoisotopic (exact) mass is 485 g/mol. The van der Waals surface area contributed by atoms with E-state index in [0.717, 1.165) is 41.6 Å². The summed E-state index contributed by atoms with van der Waals surface area (Å²) < 4.78 is 12.6. The van der Waals surface area contributed by atoms with Gasteiger partial charge in [-0.2, -0.15) is 4.52 Å². The van der Waals surface area contributed by atoms with Crippen LogP contribution in [0.25, 0.3) is 4.96 Å². The first-order chi connectivity index (χ1) is 16.5. The van der Waals surface area contributed by atoms with Crippen molar-refractivity contribution >= 4 is 27.3 Å². The fourth-order valence-electron chi connectivity index (χ4n) is 4.13. The molecule has 0 unspecified atom stereocenters. The normalized spacial score (nSPS) is 16.0. The van der Waals surface area contributed by atoms with Crippen molar-refractivity contribution in [3.05, 3.63) is 45.9 Å². The summed E-state index contributed by atoms with van der Waals surface area (Å²) >= 11 is 1.38. The lowest BCUT2D eigenvalue weighted by molar-refractivity contribution is -0.125. The number of nitrogens with zero attached hydrogens (tertiary/aromatic N) is 4. The number of nitrogens with one attached hydrogen (secondary N) is 1. The zero-order valence-corrected chi connectivity index (χ0v) is 20.7. The number of amides is 1. The predicted molar refractivity (Wildman–Crippen MR) is 132 cm³/mol. The number of carbonyl (C=O) groups excluding carboxylic acids is 1. The maximum absolute atomic E-state index is 12.9. The molecule has 2 aromatic heterocycles. The van der Waals surface area contributed by atoms with Gasteiger partial charge in [-0.1, -0.05) is 17.4 Å². The van der Waals surface area contributed by atoms with Gasteiger partial charge in [-0.15, -0.1) is 5.10 Å². The number of aromatic nitrogens is 3. The van der Waals surface area contributed by atoms with E-state index in [1.165, 1.54) is 21.9 Å². The number of aryl methyl sites for hydroxylation is 1. The second kappa shape index (κ2) is 10.9. The molecule has 1 saturated heterocycles. The molecule has 1 aromatic carbocycles. The molecule has 9 nitrogen and oxygen atoms in total. The second-order valence-corrected chi connectivity index (χ2v) is 9.22. The Morgan fingerprint density at radius 1 is 1.21 bits per heavy atom. The van der Waals surface area contributed by atoms with Gasteiger partial charge in [0.05, 0.1) is 19.1 Å². The quantitative estimate of drug-likeness (QED) is 0.498. The molecule has 0 radical (unpaired) electrons. The standard InChI is InChI=1S/C24H31N5O4S/c1-4-32-19-9-8-17(14-20(19)33-5-2)10-11-25-22(31)18-7-6-12-28(15-18)24-27-29-21(30)13-16(3)26-23(29)34-24/h8-9,13-14,18H,4-7,10-12,15H2,1-3H3,(H,25,31)/t18-/m1/s1. The van der Waals surface area contributed by atoms with E-state index in [4.69, 9.17) is 9.47 Å². The molecule has 3 heterocycles. The average molecular weight is 486 g/mol. The molecular formula is C24H31N5O4S. The van der Waals surface area contributed by atoms with Gasteiger partial charge in [0.25, 0.3) is 5.56 Å². The molecule has 10 heteroatoms. The maximum atomic E-state index is 12.9. The van der Waals surface area contributed by atoms with Crippen LogP contribution in [0.4, 0.5) is 5.13 Å². The van der Waals surface area contributed by atoms with Crippen molar-refractivity contribution in [2.24, 2.45) is 5.92 Å². The minimum absolute atomic E-state index is 0.0490. The largest absolute Gasteiger partial charge is 0.490 e. The molecule has 4 rings (SSSR count). The Kier molecular flexibility index (Phi) is 7.66. The van der Waals surface area contributed by atoms with Crippen LogP contribution in [0.15, 0.2) is 29.1 Å². The SMILES string of the molecule is CCOc1ccc(CCNC(=O)[C@@H]2CCCN(c3nn4c(=O)cc(C)nc4s3)C2)cc1OCC. The van der Waals surface area contributed by atoms with Gasteiger partial charge in [0.15, 0.2) is 11.5 Å². The van der Waals surface area contributed by atoms with E-state index >= 15 is 0 Å². The Balaban J connectivity index is 1.34. The summed E-state index contributed by atoms with van der Waals surface area (Å²) in [6.45, 7) is 8.78. The lowest BCUT2D eigenvalue weighted by Gasteiger charge is -2.31. The summed E-state index contributed by atoms with van der Waals surface area (Å²) in [5.74, 6) is 1.40. The molecule has 0 spiro atoms. The van der Waals surface area contributed by atoms with E-state index in [9.17, 15) is 9.59 Å². The van der Waals surface area contributed by atoms with Crippen LogP contribution in [0.3, 0.4) is 0 Å². The van der Waals surface area contributed by atoms with Crippen LogP contribution < -0.4 is 25.2 Å². The topological polar surface area (TPSA) is 98.1 Å². The Morgan fingerprint density at radius 2 is 2.00 bits per heavy atom. The van der Waals surface area contributed by atoms with Crippen LogP contribution in [0, 0.1) is 12.8 Å². The highest BCUT2D eigenvalue weighted by Crippen LogP contribution is 2.29. The number of hydrogen-bond acceptors (Lipinski definition) is 8. The van der Waals surface area contributed by atoms with E-state index < -0.39 is 0 Å². The number of piperidine rings is 1. The van der Waals surface area contributed by atoms with Crippen LogP contribution >= 0.6 is 11.3 Å². The average Bonchev–Trinajstić information content (AvgIpc) is 3.25. The van der Waals surface area contributed by atoms with Gasteiger partial charge in [0, 0.05) is 31.4 Å². The van der Waals surface area contributed by atoms with E-state index in [0.29, 0.717) is 43.4 Å². The molecule has 1 fully saturated rings. The lowest BCUT2D eigenvalue weighted by atomic mass is 9.97. The molecule has 182 valence electrons. The van der Waals surface area contributed by atoms with E-state index in [-0.39, 0.29) is 17.4 Å². The summed E-state index contributed by atoms with van der Waals surface area (Å²) in [6.07, 6.45) is 2.44. The number of rotatable bonds is 9. The van der Waals surface area contributed by atoms with Crippen molar-refractivity contribution in [3.8, 4) is 11.5 Å². The molecule has 1 atom stereocenters. The van der Waals surface area contributed by atoms with Crippen LogP contribution in [0.2, 0.25) is 0 Å². The first kappa shape index (κ1) is 24.0. The molecule has 0 bridgehead atoms. The summed E-state index contributed by atoms with van der Waals surface area (Å²) in [7, 11) is 0. The minimum Gasteiger partial charge on any atom is -0.490 e. The number of hydrogen-bond donors (Lipinski definition) is 1. The lowest BCUT2D eigenvalue weighted by Crippen LogP contribution is -2.43. The van der Waals surface area contributed by atoms with Crippen molar-refractivity contribution in [1.82, 2.24) is 19.9 Å². The summed E-state index contributed by atoms with van der Waals surface area (Å²) in [5, 5.41) is 8.26. The van der Waals surface area contributed by atoms with E-state index in [1.807, 2.05) is 32.0 Å². The van der Waals surface area contributed by atoms with Crippen molar-refractivity contribution in [2.45, 2.75) is 40.0 Å². The van der Waals surface area contributed by atoms with E-state index in [1.54, 1.807) is 6.92 Å². The third-order valence-electron chi connectivity index (χ3n) is 5.75. The maximum Gasteiger partial charge on any atom is 0.275 e. The molecule has 0 aliphatic carbocycles. The zero-order chi connectivity index (χ0) is 24.1. The third kappa shape index (κ3) is 5.49. The van der Waals surface area contributed by atoms with Crippen LogP contribution in [0.5, 0.6) is 11.5 Å². The molecule has 1 aliphatic heterocycles. The number of fused-ring (bicyclic) bond motifs is 1. The number of anilines is 1. The number of ether oxygens (including phenoxy) is 2. The first-order valence-electron chi connectivity index (χ1n) is 11.8. The van der Waals surface area contributed by atoms with Gasteiger partial charge in [-0.25, -0.2) is 4.98 Å². The van der Waals surface area contributed by atoms with Gasteiger partial charge in [-0.05, 0) is 57.7 Å². The molecule has 1 N–H and O–H groups in total. The fourth-order valence-corrected chi connectivity index (χ4v) is 5.12. The zero-order valence-electron chi connectivity index (χ0n) is 19.9. The minimum atomic E-state index is -0.182. The van der Waals surface area contributed by atoms with Crippen molar-refractivity contribution in [2.75, 3.05) is 37.7 Å². The van der Waals surface area contributed by atoms with Gasteiger partial charge in [-0.3, -0.25) is 9.59 Å². The highest BCUT2D eigenvalue weighted by atomic mass is 32.1. The van der Waals surface area contributed by atoms with Crippen LogP contribution in [-0.4, -0.2) is 53.4 Å². The van der Waals surface area contributed by atoms with Crippen molar-refractivity contribution < 1.29 is 14.3 Å². The molecular weight excluding hydrogens is 454 g/mol. The Labute approximate surface area is 202 Å². The smallest absolute Gasteiger partial charge is 0.275 e. The molecule has 1 amide bonds. The van der Waals surface area contributed by atoms with Gasteiger partial charge in [0.2, 0.25) is 16.0 Å². The van der Waals surface area contributed by atoms with Crippen molar-refractivity contribution in [3.63, 3.8) is 0 Å². The number of carbonyl (C=O) groups is 1. The molecule has 0 saturated carbocycles.